The summed E-state index contributed by atoms with van der Waals surface area (Å²) in [6.07, 6.45) is 29.7. The molecule has 0 aliphatic heterocycles. The average Bonchev–Trinajstić information content (AvgIpc) is 0.833. The van der Waals surface area contributed by atoms with E-state index in [1.807, 2.05) is 386 Å². The number of aryl methyl sites for hydroxylation is 11. The van der Waals surface area contributed by atoms with Crippen molar-refractivity contribution in [3.63, 3.8) is 0 Å². The third-order valence-electron chi connectivity index (χ3n) is 20.1. The van der Waals surface area contributed by atoms with E-state index in [0.29, 0.717) is 0 Å². The maximum atomic E-state index is 4.28. The molecule has 11 aromatic heterocycles. The number of aromatic nitrogens is 11. The van der Waals surface area contributed by atoms with Gasteiger partial charge in [0.15, 0.2) is 0 Å². The molecule has 0 amide bonds. The van der Waals surface area contributed by atoms with Crippen molar-refractivity contribution < 1.29 is 0 Å². The number of hydrogen-bond acceptors (Lipinski definition) is 11. The largest absolute Gasteiger partial charge is 0.264 e. The van der Waals surface area contributed by atoms with Gasteiger partial charge in [0.05, 0.1) is 27.6 Å². The summed E-state index contributed by atoms with van der Waals surface area (Å²) in [4.78, 5) is 45.8. The highest BCUT2D eigenvalue weighted by atomic mass is 14.7. The molecule has 0 saturated carbocycles. The van der Waals surface area contributed by atoms with Crippen molar-refractivity contribution >= 4 is 119 Å². The van der Waals surface area contributed by atoms with E-state index in [1.165, 1.54) is 147 Å². The van der Waals surface area contributed by atoms with Crippen molar-refractivity contribution in [1.82, 2.24) is 54.8 Å². The first-order valence-corrected chi connectivity index (χ1v) is 51.4. The van der Waals surface area contributed by atoms with Crippen LogP contribution >= 0.6 is 0 Å². The summed E-state index contributed by atoms with van der Waals surface area (Å²) in [5.74, 6) is 0. The summed E-state index contributed by atoms with van der Waals surface area (Å²) in [6, 6.07) is 103. The highest BCUT2D eigenvalue weighted by Crippen LogP contribution is 2.23. The Kier molecular flexibility index (Phi) is 68.4. The lowest BCUT2D eigenvalue weighted by Crippen LogP contribution is -1.80. The second kappa shape index (κ2) is 77.7. The predicted molar refractivity (Wildman–Crippen MR) is 636 cm³/mol. The molecule has 0 N–H and O–H groups in total. The lowest BCUT2D eigenvalue weighted by atomic mass is 10.1. The second-order valence-corrected chi connectivity index (χ2v) is 29.5. The molecule has 11 heteroatoms. The molecule has 143 heavy (non-hydrogen) atoms. The van der Waals surface area contributed by atoms with Crippen LogP contribution in [0.4, 0.5) is 0 Å². The molecule has 0 atom stereocenters. The molecular weight excluding hydrogens is 1740 g/mol. The molecule has 0 spiro atoms. The van der Waals surface area contributed by atoms with Crippen LogP contribution in [0.5, 0.6) is 0 Å². The second-order valence-electron chi connectivity index (χ2n) is 29.5. The first-order chi connectivity index (χ1) is 70.1. The Bertz CT molecular complexity index is 6000. The Balaban J connectivity index is 0.000000771. The Morgan fingerprint density at radius 1 is 0.133 bits per heavy atom. The van der Waals surface area contributed by atoms with Crippen molar-refractivity contribution in [2.45, 2.75) is 228 Å². The molecule has 11 nitrogen and oxygen atoms in total. The fourth-order valence-electron chi connectivity index (χ4n) is 13.5. The summed E-state index contributed by atoms with van der Waals surface area (Å²) < 4.78 is 0. The number of rotatable bonds is 0. The number of benzene rings is 11. The van der Waals surface area contributed by atoms with Crippen LogP contribution in [0.25, 0.3) is 119 Å². The lowest BCUT2D eigenvalue weighted by Gasteiger charge is -1.98. The maximum absolute atomic E-state index is 4.28. The summed E-state index contributed by atoms with van der Waals surface area (Å²) in [5, 5.41) is 21.1. The summed E-state index contributed by atoms with van der Waals surface area (Å²) >= 11 is 0. The highest BCUT2D eigenvalue weighted by molar-refractivity contribution is 5.89. The van der Waals surface area contributed by atoms with Crippen molar-refractivity contribution in [2.75, 3.05) is 0 Å². The van der Waals surface area contributed by atoms with Gasteiger partial charge in [-0.2, -0.15) is 0 Å². The molecule has 0 unspecified atom stereocenters. The van der Waals surface area contributed by atoms with Crippen LogP contribution in [-0.2, 0) is 0 Å². The molecule has 0 aliphatic rings. The van der Waals surface area contributed by atoms with Crippen LogP contribution in [0.15, 0.2) is 402 Å². The van der Waals surface area contributed by atoms with E-state index >= 15 is 0 Å². The third-order valence-corrected chi connectivity index (χ3v) is 20.1. The van der Waals surface area contributed by atoms with Gasteiger partial charge in [-0.05, 0) is 251 Å². The minimum atomic E-state index is 1.07. The standard InChI is InChI=1S/11C10H9N.11C2H6/c1-8-4-2-6-10-9(8)5-3-7-11-10;1-8-2-3-10-7-11-5-4-9(10)6-8;1-8-2-3-9-4-5-11-7-10(9)6-8;1-8-4-5-10-9(7-8)3-2-6-11-10;1-8-4-5-9-3-2-6-11-10(9)7-8;1-8-3-2-4-9-7-11-6-5-10(8)9;1-8-3-2-4-9-5-6-11-7-10(8)9;1-8-6-11-7-9-4-2-3-5-10(8)9;1-8-6-9-4-2-3-5-10(9)11-7-8;1-8-10-5-3-2-4-9(10)6-7-11-8;1-8-6-7-11-10-5-3-2-4-9(8)10;11*1-2/h11*2-7H,1H3;11*1-2H3. The van der Waals surface area contributed by atoms with E-state index in [1.54, 1.807) is 0 Å². The normalized spacial score (nSPS) is 9.15. The first kappa shape index (κ1) is 126. The molecule has 0 fully saturated rings. The smallest absolute Gasteiger partial charge is 0.0704 e. The Morgan fingerprint density at radius 2 is 0.462 bits per heavy atom. The van der Waals surface area contributed by atoms with E-state index in [-0.39, 0.29) is 0 Å². The maximum Gasteiger partial charge on any atom is 0.0704 e. The van der Waals surface area contributed by atoms with Crippen LogP contribution in [-0.4, -0.2) is 54.8 Å². The van der Waals surface area contributed by atoms with Crippen molar-refractivity contribution in [3.05, 3.63) is 464 Å². The molecule has 748 valence electrons. The molecular formula is C132H165N11. The zero-order valence-corrected chi connectivity index (χ0v) is 92.5. The van der Waals surface area contributed by atoms with E-state index in [4.69, 9.17) is 0 Å². The predicted octanol–water partition coefficient (Wildman–Crippen LogP) is 39.3. The van der Waals surface area contributed by atoms with Gasteiger partial charge in [0.25, 0.3) is 0 Å². The van der Waals surface area contributed by atoms with Gasteiger partial charge in [0.1, 0.15) is 0 Å². The minimum Gasteiger partial charge on any atom is -0.264 e. The highest BCUT2D eigenvalue weighted by Gasteiger charge is 2.02. The van der Waals surface area contributed by atoms with Gasteiger partial charge in [-0.1, -0.05) is 369 Å². The molecule has 0 radical (unpaired) electrons. The number of para-hydroxylation sites is 2. The van der Waals surface area contributed by atoms with E-state index in [0.717, 1.165) is 33.3 Å². The molecule has 0 aliphatic carbocycles. The van der Waals surface area contributed by atoms with Gasteiger partial charge < -0.3 is 0 Å². The Labute approximate surface area is 860 Å². The molecule has 22 rings (SSSR count). The molecule has 11 heterocycles. The summed E-state index contributed by atoms with van der Waals surface area (Å²) in [7, 11) is 0. The van der Waals surface area contributed by atoms with Crippen LogP contribution in [0.1, 0.15) is 214 Å². The molecule has 0 saturated heterocycles. The monoisotopic (exact) mass is 1900 g/mol. The average molecular weight is 1910 g/mol. The van der Waals surface area contributed by atoms with Crippen LogP contribution in [0.2, 0.25) is 0 Å². The Morgan fingerprint density at radius 3 is 1.04 bits per heavy atom. The van der Waals surface area contributed by atoms with Gasteiger partial charge in [-0.3, -0.25) is 54.8 Å². The van der Waals surface area contributed by atoms with Gasteiger partial charge in [0, 0.05) is 164 Å². The molecule has 0 bridgehead atoms. The van der Waals surface area contributed by atoms with Gasteiger partial charge in [0.2, 0.25) is 0 Å². The Hall–Kier alpha value is -15.1. The summed E-state index contributed by atoms with van der Waals surface area (Å²) in [5.41, 5.74) is 19.2. The third kappa shape index (κ3) is 44.5. The first-order valence-electron chi connectivity index (χ1n) is 51.4. The number of hydrogen-bond donors (Lipinski definition) is 0. The molecule has 22 aromatic rings. The van der Waals surface area contributed by atoms with Crippen molar-refractivity contribution in [3.8, 4) is 0 Å². The van der Waals surface area contributed by atoms with E-state index in [2.05, 4.69) is 300 Å². The van der Waals surface area contributed by atoms with Crippen molar-refractivity contribution in [2.24, 2.45) is 0 Å². The van der Waals surface area contributed by atoms with Gasteiger partial charge in [-0.15, -0.1) is 0 Å². The fraction of sp³-hybridized carbons (Fsp3) is 0.250. The van der Waals surface area contributed by atoms with Crippen LogP contribution < -0.4 is 0 Å². The zero-order valence-electron chi connectivity index (χ0n) is 92.5. The van der Waals surface area contributed by atoms with Gasteiger partial charge >= 0.3 is 0 Å². The van der Waals surface area contributed by atoms with E-state index in [9.17, 15) is 0 Å². The zero-order chi connectivity index (χ0) is 106. The minimum absolute atomic E-state index is 1.07. The van der Waals surface area contributed by atoms with Crippen LogP contribution in [0, 0.1) is 76.2 Å². The van der Waals surface area contributed by atoms with Crippen molar-refractivity contribution in [1.29, 1.82) is 0 Å². The van der Waals surface area contributed by atoms with Crippen LogP contribution in [0.3, 0.4) is 0 Å². The summed E-state index contributed by atoms with van der Waals surface area (Å²) in [6.45, 7) is 66.9. The SMILES string of the molecule is CC.CC.CC.CC.CC.CC.CC.CC.CC.CC.CC.Cc1ccc2cccnc2c1.Cc1ccc2ccncc2c1.Cc1ccc2cnccc2c1.Cc1ccc2ncccc2c1.Cc1cccc2ccncc12.Cc1cccc2cnccc12.Cc1cccc2ncccc12.Cc1ccnc2ccccc12.Cc1cnc2ccccc2c1.Cc1cncc2ccccc12.Cc1nccc2ccccc12. The van der Waals surface area contributed by atoms with Gasteiger partial charge in [-0.25, -0.2) is 0 Å². The number of fused-ring (bicyclic) bond motifs is 11. The number of pyridine rings is 11. The topological polar surface area (TPSA) is 142 Å². The lowest BCUT2D eigenvalue weighted by molar-refractivity contribution is 1.24. The quantitative estimate of drug-likeness (QED) is 0.143. The van der Waals surface area contributed by atoms with E-state index < -0.39 is 0 Å². The molecule has 11 aromatic carbocycles. The fourth-order valence-corrected chi connectivity index (χ4v) is 13.5. The number of nitrogens with zero attached hydrogens (tertiary/aromatic N) is 11.